The molecule has 2 aromatic heterocycles. The lowest BCUT2D eigenvalue weighted by molar-refractivity contribution is 0.0950. The molecule has 0 fully saturated rings. The molecular formula is C16H13ClN4O2S. The number of aromatic hydroxyl groups is 1. The van der Waals surface area contributed by atoms with Crippen LogP contribution in [0.4, 0.5) is 0 Å². The Hall–Kier alpha value is -2.64. The number of aromatic amines is 1. The highest BCUT2D eigenvalue weighted by atomic mass is 35.5. The number of carbonyl (C=O) groups is 1. The van der Waals surface area contributed by atoms with E-state index in [1.807, 2.05) is 6.07 Å². The van der Waals surface area contributed by atoms with Crippen molar-refractivity contribution in [3.63, 3.8) is 0 Å². The average molecular weight is 361 g/mol. The predicted octanol–water partition coefficient (Wildman–Crippen LogP) is 3.65. The lowest BCUT2D eigenvalue weighted by Crippen LogP contribution is -2.19. The second kappa shape index (κ2) is 6.86. The van der Waals surface area contributed by atoms with Crippen LogP contribution >= 0.6 is 22.9 Å². The smallest absolute Gasteiger partial charge is 0.291 e. The summed E-state index contributed by atoms with van der Waals surface area (Å²) >= 11 is 7.30. The van der Waals surface area contributed by atoms with Crippen LogP contribution in [-0.2, 0) is 0 Å². The van der Waals surface area contributed by atoms with E-state index in [0.29, 0.717) is 10.0 Å². The third-order valence-electron chi connectivity index (χ3n) is 3.26. The molecule has 2 heterocycles. The SMILES string of the molecule is C/C(=N/NC(=O)c1cc(-c2ccc(Cl)s2)[nH]n1)c1ccc(O)cc1. The molecule has 0 saturated heterocycles. The molecular weight excluding hydrogens is 348 g/mol. The van der Waals surface area contributed by atoms with Gasteiger partial charge in [-0.2, -0.15) is 10.2 Å². The van der Waals surface area contributed by atoms with Crippen LogP contribution in [0.25, 0.3) is 10.6 Å². The number of phenols is 1. The number of phenolic OH excluding ortho intramolecular Hbond substituents is 1. The highest BCUT2D eigenvalue weighted by Gasteiger charge is 2.12. The van der Waals surface area contributed by atoms with Crippen molar-refractivity contribution in [3.8, 4) is 16.3 Å². The molecule has 0 saturated carbocycles. The van der Waals surface area contributed by atoms with Gasteiger partial charge in [0.1, 0.15) is 5.75 Å². The summed E-state index contributed by atoms with van der Waals surface area (Å²) in [6.45, 7) is 1.76. The van der Waals surface area contributed by atoms with Crippen molar-refractivity contribution >= 4 is 34.6 Å². The van der Waals surface area contributed by atoms with Crippen molar-refractivity contribution in [3.05, 3.63) is 58.1 Å². The Morgan fingerprint density at radius 2 is 2.04 bits per heavy atom. The molecule has 0 spiro atoms. The number of carbonyl (C=O) groups excluding carboxylic acids is 1. The van der Waals surface area contributed by atoms with Crippen LogP contribution in [0.2, 0.25) is 4.34 Å². The standard InChI is InChI=1S/C16H13ClN4O2S/c1-9(10-2-4-11(22)5-3-10)18-21-16(23)13-8-12(19-20-13)14-6-7-15(17)24-14/h2-8,22H,1H3,(H,19,20)(H,21,23)/b18-9-. The fourth-order valence-corrected chi connectivity index (χ4v) is 2.99. The van der Waals surface area contributed by atoms with Crippen LogP contribution in [0.1, 0.15) is 23.0 Å². The van der Waals surface area contributed by atoms with Crippen LogP contribution < -0.4 is 5.43 Å². The number of hydrogen-bond donors (Lipinski definition) is 3. The Balaban J connectivity index is 1.70. The zero-order valence-corrected chi connectivity index (χ0v) is 14.1. The molecule has 0 aliphatic carbocycles. The van der Waals surface area contributed by atoms with Crippen LogP contribution in [0.15, 0.2) is 47.6 Å². The number of thiophene rings is 1. The van der Waals surface area contributed by atoms with Gasteiger partial charge in [0.05, 0.1) is 20.6 Å². The third-order valence-corrected chi connectivity index (χ3v) is 4.52. The first kappa shape index (κ1) is 16.2. The van der Waals surface area contributed by atoms with Crippen molar-refractivity contribution < 1.29 is 9.90 Å². The van der Waals surface area contributed by atoms with Crippen LogP contribution in [0, 0.1) is 0 Å². The quantitative estimate of drug-likeness (QED) is 0.490. The molecule has 0 aliphatic heterocycles. The van der Waals surface area contributed by atoms with E-state index < -0.39 is 5.91 Å². The summed E-state index contributed by atoms with van der Waals surface area (Å²) in [6.07, 6.45) is 0. The number of nitrogens with zero attached hydrogens (tertiary/aromatic N) is 2. The topological polar surface area (TPSA) is 90.4 Å². The molecule has 0 bridgehead atoms. The largest absolute Gasteiger partial charge is 0.508 e. The zero-order chi connectivity index (χ0) is 17.1. The molecule has 122 valence electrons. The fourth-order valence-electron chi connectivity index (χ4n) is 1.98. The minimum Gasteiger partial charge on any atom is -0.508 e. The molecule has 3 aromatic rings. The van der Waals surface area contributed by atoms with E-state index in [4.69, 9.17) is 11.6 Å². The summed E-state index contributed by atoms with van der Waals surface area (Å²) in [6, 6.07) is 11.8. The second-order valence-corrected chi connectivity index (χ2v) is 6.67. The molecule has 3 rings (SSSR count). The highest BCUT2D eigenvalue weighted by molar-refractivity contribution is 7.19. The molecule has 1 amide bonds. The van der Waals surface area contributed by atoms with E-state index in [9.17, 15) is 9.90 Å². The maximum Gasteiger partial charge on any atom is 0.291 e. The molecule has 0 unspecified atom stereocenters. The first-order chi connectivity index (χ1) is 11.5. The van der Waals surface area contributed by atoms with Gasteiger partial charge >= 0.3 is 0 Å². The van der Waals surface area contributed by atoms with Crippen molar-refractivity contribution in [2.45, 2.75) is 6.92 Å². The molecule has 1 aromatic carbocycles. The summed E-state index contributed by atoms with van der Waals surface area (Å²) in [5.74, 6) is -0.244. The number of hydrazone groups is 1. The number of aromatic nitrogens is 2. The first-order valence-corrected chi connectivity index (χ1v) is 8.17. The zero-order valence-electron chi connectivity index (χ0n) is 12.6. The van der Waals surface area contributed by atoms with Gasteiger partial charge < -0.3 is 5.11 Å². The van der Waals surface area contributed by atoms with Gasteiger partial charge in [-0.15, -0.1) is 11.3 Å². The minimum atomic E-state index is -0.418. The molecule has 6 nitrogen and oxygen atoms in total. The molecule has 8 heteroatoms. The molecule has 0 aliphatic rings. The van der Waals surface area contributed by atoms with E-state index >= 15 is 0 Å². The Kier molecular flexibility index (Phi) is 4.64. The predicted molar refractivity (Wildman–Crippen MR) is 94.7 cm³/mol. The van der Waals surface area contributed by atoms with Crippen molar-refractivity contribution in [2.24, 2.45) is 5.10 Å². The maximum atomic E-state index is 12.1. The summed E-state index contributed by atoms with van der Waals surface area (Å²) in [4.78, 5) is 13.0. The van der Waals surface area contributed by atoms with E-state index in [2.05, 4.69) is 20.7 Å². The van der Waals surface area contributed by atoms with Gasteiger partial charge in [-0.3, -0.25) is 9.89 Å². The number of H-pyrrole nitrogens is 1. The van der Waals surface area contributed by atoms with E-state index in [1.165, 1.54) is 11.3 Å². The lowest BCUT2D eigenvalue weighted by atomic mass is 10.1. The molecule has 3 N–H and O–H groups in total. The van der Waals surface area contributed by atoms with E-state index in [0.717, 1.165) is 16.1 Å². The summed E-state index contributed by atoms with van der Waals surface area (Å²) < 4.78 is 0.666. The van der Waals surface area contributed by atoms with Crippen LogP contribution in [0.5, 0.6) is 5.75 Å². The molecule has 0 radical (unpaired) electrons. The monoisotopic (exact) mass is 360 g/mol. The lowest BCUT2D eigenvalue weighted by Gasteiger charge is -2.01. The van der Waals surface area contributed by atoms with E-state index in [1.54, 1.807) is 43.3 Å². The Labute approximate surface area is 146 Å². The van der Waals surface area contributed by atoms with Crippen molar-refractivity contribution in [1.29, 1.82) is 0 Å². The second-order valence-electron chi connectivity index (χ2n) is 4.96. The van der Waals surface area contributed by atoms with Gasteiger partial charge in [0, 0.05) is 0 Å². The van der Waals surface area contributed by atoms with Crippen LogP contribution in [-0.4, -0.2) is 26.9 Å². The molecule has 0 atom stereocenters. The Bertz CT molecular complexity index is 899. The minimum absolute atomic E-state index is 0.174. The normalized spacial score (nSPS) is 11.5. The van der Waals surface area contributed by atoms with Gasteiger partial charge in [0.2, 0.25) is 0 Å². The molecule has 24 heavy (non-hydrogen) atoms. The maximum absolute atomic E-state index is 12.1. The number of nitrogens with one attached hydrogen (secondary N) is 2. The fraction of sp³-hybridized carbons (Fsp3) is 0.0625. The van der Waals surface area contributed by atoms with Gasteiger partial charge in [0.15, 0.2) is 5.69 Å². The number of amides is 1. The summed E-state index contributed by atoms with van der Waals surface area (Å²) in [5.41, 5.74) is 4.83. The van der Waals surface area contributed by atoms with Gasteiger partial charge in [-0.25, -0.2) is 5.43 Å². The Morgan fingerprint density at radius 3 is 2.71 bits per heavy atom. The number of halogens is 1. The number of hydrogen-bond acceptors (Lipinski definition) is 5. The first-order valence-electron chi connectivity index (χ1n) is 6.98. The van der Waals surface area contributed by atoms with Crippen molar-refractivity contribution in [2.75, 3.05) is 0 Å². The summed E-state index contributed by atoms with van der Waals surface area (Å²) in [7, 11) is 0. The van der Waals surface area contributed by atoms with Gasteiger partial charge in [-0.05, 0) is 55.0 Å². The Morgan fingerprint density at radius 1 is 1.29 bits per heavy atom. The third kappa shape index (κ3) is 3.64. The van der Waals surface area contributed by atoms with Gasteiger partial charge in [-0.1, -0.05) is 11.6 Å². The van der Waals surface area contributed by atoms with Crippen LogP contribution in [0.3, 0.4) is 0 Å². The summed E-state index contributed by atoms with van der Waals surface area (Å²) in [5, 5.41) is 20.1. The number of benzene rings is 1. The average Bonchev–Trinajstić information content (AvgIpc) is 3.22. The number of rotatable bonds is 4. The van der Waals surface area contributed by atoms with E-state index in [-0.39, 0.29) is 11.4 Å². The van der Waals surface area contributed by atoms with Crippen molar-refractivity contribution in [1.82, 2.24) is 15.6 Å². The highest BCUT2D eigenvalue weighted by Crippen LogP contribution is 2.29. The van der Waals surface area contributed by atoms with Gasteiger partial charge in [0.25, 0.3) is 5.91 Å².